The molecule has 0 spiro atoms. The lowest BCUT2D eigenvalue weighted by atomic mass is 10.1. The van der Waals surface area contributed by atoms with Gasteiger partial charge in [0.25, 0.3) is 0 Å². The van der Waals surface area contributed by atoms with Gasteiger partial charge in [-0.1, -0.05) is 18.2 Å². The molecule has 4 nitrogen and oxygen atoms in total. The Morgan fingerprint density at radius 3 is 2.67 bits per heavy atom. The third-order valence-corrected chi connectivity index (χ3v) is 3.11. The summed E-state index contributed by atoms with van der Waals surface area (Å²) in [5, 5.41) is 8.67. The number of hydrogen-bond acceptors (Lipinski definition) is 3. The van der Waals surface area contributed by atoms with Gasteiger partial charge in [-0.15, -0.1) is 0 Å². The van der Waals surface area contributed by atoms with E-state index in [9.17, 15) is 4.79 Å². The molecule has 0 heterocycles. The number of carbonyl (C=O) groups is 1. The topological polar surface area (TPSA) is 58.9 Å². The number of rotatable bonds is 5. The van der Waals surface area contributed by atoms with Crippen LogP contribution in [0.4, 0.5) is 5.69 Å². The molecule has 0 atom stereocenters. The van der Waals surface area contributed by atoms with E-state index < -0.39 is 5.97 Å². The van der Waals surface area contributed by atoms with Crippen molar-refractivity contribution in [3.8, 4) is 5.75 Å². The highest BCUT2D eigenvalue weighted by Gasteiger charge is 2.03. The molecule has 0 amide bonds. The predicted octanol–water partition coefficient (Wildman–Crippen LogP) is 3.52. The number of ether oxygens (including phenoxy) is 1. The van der Waals surface area contributed by atoms with Crippen molar-refractivity contribution in [2.75, 3.05) is 6.61 Å². The van der Waals surface area contributed by atoms with E-state index >= 15 is 0 Å². The molecule has 0 bridgehead atoms. The Labute approximate surface area is 123 Å². The molecule has 0 radical (unpaired) electrons. The Hall–Kier alpha value is -2.62. The molecule has 0 unspecified atom stereocenters. The number of aliphatic imine (C=N–C) groups is 1. The predicted molar refractivity (Wildman–Crippen MR) is 82.7 cm³/mol. The van der Waals surface area contributed by atoms with Crippen molar-refractivity contribution in [2.45, 2.75) is 13.8 Å². The highest BCUT2D eigenvalue weighted by molar-refractivity contribution is 5.85. The maximum Gasteiger partial charge on any atom is 0.341 e. The van der Waals surface area contributed by atoms with Crippen LogP contribution in [0.5, 0.6) is 5.75 Å². The lowest BCUT2D eigenvalue weighted by Crippen LogP contribution is -2.10. The van der Waals surface area contributed by atoms with Crippen LogP contribution in [0.3, 0.4) is 0 Å². The second-order valence-electron chi connectivity index (χ2n) is 4.75. The smallest absolute Gasteiger partial charge is 0.341 e. The summed E-state index contributed by atoms with van der Waals surface area (Å²) in [7, 11) is 0. The third kappa shape index (κ3) is 4.18. The Morgan fingerprint density at radius 2 is 1.95 bits per heavy atom. The van der Waals surface area contributed by atoms with Gasteiger partial charge in [-0.25, -0.2) is 4.79 Å². The minimum atomic E-state index is -1.00. The molecule has 21 heavy (non-hydrogen) atoms. The summed E-state index contributed by atoms with van der Waals surface area (Å²) in [6.45, 7) is 3.73. The van der Waals surface area contributed by atoms with E-state index in [0.29, 0.717) is 5.75 Å². The molecule has 2 rings (SSSR count). The summed E-state index contributed by atoms with van der Waals surface area (Å²) in [6, 6.07) is 13.2. The number of carboxylic acids is 1. The Balaban J connectivity index is 2.20. The van der Waals surface area contributed by atoms with Crippen LogP contribution in [0.2, 0.25) is 0 Å². The van der Waals surface area contributed by atoms with E-state index in [0.717, 1.165) is 11.3 Å². The van der Waals surface area contributed by atoms with Gasteiger partial charge in [-0.05, 0) is 49.2 Å². The van der Waals surface area contributed by atoms with Crippen LogP contribution in [-0.2, 0) is 4.79 Å². The van der Waals surface area contributed by atoms with Crippen molar-refractivity contribution in [3.05, 3.63) is 59.2 Å². The lowest BCUT2D eigenvalue weighted by Gasteiger charge is -2.06. The zero-order chi connectivity index (χ0) is 15.2. The lowest BCUT2D eigenvalue weighted by molar-refractivity contribution is -0.139. The third-order valence-electron chi connectivity index (χ3n) is 3.11. The maximum absolute atomic E-state index is 10.6. The van der Waals surface area contributed by atoms with Crippen molar-refractivity contribution in [1.82, 2.24) is 0 Å². The molecule has 0 aliphatic carbocycles. The summed E-state index contributed by atoms with van der Waals surface area (Å²) in [5.41, 5.74) is 4.00. The van der Waals surface area contributed by atoms with Gasteiger partial charge in [-0.3, -0.25) is 4.99 Å². The SMILES string of the molecule is Cc1ccc(N=Cc2ccccc2OCC(=O)O)cc1C. The summed E-state index contributed by atoms with van der Waals surface area (Å²) >= 11 is 0. The number of hydrogen-bond donors (Lipinski definition) is 1. The van der Waals surface area contributed by atoms with Gasteiger partial charge in [0.2, 0.25) is 0 Å². The normalized spacial score (nSPS) is 10.8. The molecule has 0 aliphatic rings. The number of benzene rings is 2. The van der Waals surface area contributed by atoms with Gasteiger partial charge in [0.1, 0.15) is 5.75 Å². The summed E-state index contributed by atoms with van der Waals surface area (Å²) in [5.74, 6) is -0.497. The molecule has 0 aliphatic heterocycles. The van der Waals surface area contributed by atoms with Crippen molar-refractivity contribution >= 4 is 17.9 Å². The second kappa shape index (κ2) is 6.70. The molecular weight excluding hydrogens is 266 g/mol. The highest BCUT2D eigenvalue weighted by atomic mass is 16.5. The van der Waals surface area contributed by atoms with Gasteiger partial charge in [0.15, 0.2) is 6.61 Å². The van der Waals surface area contributed by atoms with Gasteiger partial charge >= 0.3 is 5.97 Å². The standard InChI is InChI=1S/C17H17NO3/c1-12-7-8-15(9-13(12)2)18-10-14-5-3-4-6-16(14)21-11-17(19)20/h3-10H,11H2,1-2H3,(H,19,20). The quantitative estimate of drug-likeness (QED) is 0.854. The van der Waals surface area contributed by atoms with Crippen molar-refractivity contribution in [2.24, 2.45) is 4.99 Å². The van der Waals surface area contributed by atoms with Crippen LogP contribution >= 0.6 is 0 Å². The van der Waals surface area contributed by atoms with Crippen LogP contribution < -0.4 is 4.74 Å². The van der Waals surface area contributed by atoms with E-state index in [1.165, 1.54) is 11.1 Å². The van der Waals surface area contributed by atoms with Crippen LogP contribution in [0.1, 0.15) is 16.7 Å². The van der Waals surface area contributed by atoms with E-state index in [1.807, 2.05) is 37.3 Å². The molecule has 2 aromatic rings. The van der Waals surface area contributed by atoms with Crippen molar-refractivity contribution < 1.29 is 14.6 Å². The van der Waals surface area contributed by atoms with Gasteiger partial charge in [0.05, 0.1) is 5.69 Å². The Kier molecular flexibility index (Phi) is 4.72. The highest BCUT2D eigenvalue weighted by Crippen LogP contribution is 2.20. The minimum Gasteiger partial charge on any atom is -0.481 e. The molecule has 0 aromatic heterocycles. The molecule has 108 valence electrons. The van der Waals surface area contributed by atoms with Gasteiger partial charge in [-0.2, -0.15) is 0 Å². The summed E-state index contributed by atoms with van der Waals surface area (Å²) in [6.07, 6.45) is 1.68. The Morgan fingerprint density at radius 1 is 1.19 bits per heavy atom. The van der Waals surface area contributed by atoms with Crippen molar-refractivity contribution in [1.29, 1.82) is 0 Å². The summed E-state index contributed by atoms with van der Waals surface area (Å²) < 4.78 is 5.24. The number of aliphatic carboxylic acids is 1. The van der Waals surface area contributed by atoms with Crippen LogP contribution in [-0.4, -0.2) is 23.9 Å². The van der Waals surface area contributed by atoms with E-state index in [1.54, 1.807) is 18.3 Å². The monoisotopic (exact) mass is 283 g/mol. The number of carboxylic acid groups (broad SMARTS) is 1. The molecule has 1 N–H and O–H groups in total. The van der Waals surface area contributed by atoms with Crippen LogP contribution in [0.25, 0.3) is 0 Å². The fourth-order valence-corrected chi connectivity index (χ4v) is 1.81. The molecule has 0 saturated carbocycles. The van der Waals surface area contributed by atoms with Crippen LogP contribution in [0, 0.1) is 13.8 Å². The average Bonchev–Trinajstić information content (AvgIpc) is 2.47. The maximum atomic E-state index is 10.6. The first-order chi connectivity index (χ1) is 10.1. The fourth-order valence-electron chi connectivity index (χ4n) is 1.81. The number of para-hydroxylation sites is 1. The minimum absolute atomic E-state index is 0.367. The number of nitrogens with zero attached hydrogens (tertiary/aromatic N) is 1. The van der Waals surface area contributed by atoms with Gasteiger partial charge < -0.3 is 9.84 Å². The molecule has 0 fully saturated rings. The molecular formula is C17H17NO3. The molecule has 0 saturated heterocycles. The Bertz CT molecular complexity index is 677. The average molecular weight is 283 g/mol. The van der Waals surface area contributed by atoms with Crippen LogP contribution in [0.15, 0.2) is 47.5 Å². The first kappa shape index (κ1) is 14.8. The number of aryl methyl sites for hydroxylation is 2. The van der Waals surface area contributed by atoms with E-state index in [2.05, 4.69) is 11.9 Å². The van der Waals surface area contributed by atoms with Gasteiger partial charge in [0, 0.05) is 11.8 Å². The second-order valence-corrected chi connectivity index (χ2v) is 4.75. The molecule has 2 aromatic carbocycles. The zero-order valence-electron chi connectivity index (χ0n) is 12.0. The fraction of sp³-hybridized carbons (Fsp3) is 0.176. The first-order valence-corrected chi connectivity index (χ1v) is 6.61. The van der Waals surface area contributed by atoms with Crippen molar-refractivity contribution in [3.63, 3.8) is 0 Å². The van der Waals surface area contributed by atoms with E-state index in [4.69, 9.17) is 9.84 Å². The largest absolute Gasteiger partial charge is 0.481 e. The molecule has 4 heteroatoms. The zero-order valence-corrected chi connectivity index (χ0v) is 12.0. The van der Waals surface area contributed by atoms with E-state index in [-0.39, 0.29) is 6.61 Å². The summed E-state index contributed by atoms with van der Waals surface area (Å²) in [4.78, 5) is 15.0. The first-order valence-electron chi connectivity index (χ1n) is 6.61.